The van der Waals surface area contributed by atoms with Gasteiger partial charge >= 0.3 is 0 Å². The molecule has 0 aromatic carbocycles. The van der Waals surface area contributed by atoms with Gasteiger partial charge < -0.3 is 10.7 Å². The highest BCUT2D eigenvalue weighted by molar-refractivity contribution is 6.28. The monoisotopic (exact) mass is 235 g/mol. The molecule has 6 nitrogen and oxygen atoms in total. The van der Waals surface area contributed by atoms with Crippen LogP contribution in [-0.2, 0) is 14.4 Å². The Morgan fingerprint density at radius 3 is 2.59 bits per heavy atom. The Morgan fingerprint density at radius 2 is 2.06 bits per heavy atom. The van der Waals surface area contributed by atoms with E-state index in [0.717, 1.165) is 17.5 Å². The molecule has 2 rings (SSSR count). The molecule has 0 radical (unpaired) electrons. The predicted molar refractivity (Wildman–Crippen MR) is 59.4 cm³/mol. The summed E-state index contributed by atoms with van der Waals surface area (Å²) in [5.74, 6) is -1.29. The van der Waals surface area contributed by atoms with E-state index in [1.807, 2.05) is 0 Å². The number of nitrogens with zero attached hydrogens (tertiary/aromatic N) is 1. The van der Waals surface area contributed by atoms with Gasteiger partial charge in [-0.3, -0.25) is 19.3 Å². The maximum Gasteiger partial charge on any atom is 0.263 e. The number of nitrogens with one attached hydrogen (secondary N) is 2. The smallest absolute Gasteiger partial charge is 0.263 e. The number of carbonyl (C=O) groups excluding carboxylic acids is 3. The number of rotatable bonds is 2. The number of hydrogen-bond donors (Lipinski definition) is 2. The van der Waals surface area contributed by atoms with E-state index >= 15 is 0 Å². The van der Waals surface area contributed by atoms with Gasteiger partial charge in [0, 0.05) is 18.3 Å². The summed E-state index contributed by atoms with van der Waals surface area (Å²) < 4.78 is 0. The molecule has 0 saturated carbocycles. The predicted octanol–water partition coefficient (Wildman–Crippen LogP) is -0.400. The Hall–Kier alpha value is -1.98. The van der Waals surface area contributed by atoms with Gasteiger partial charge in [-0.05, 0) is 19.8 Å². The Balaban J connectivity index is 2.30. The van der Waals surface area contributed by atoms with Crippen LogP contribution in [0.3, 0.4) is 0 Å². The molecule has 1 atom stereocenters. The third kappa shape index (κ3) is 1.65. The Labute approximate surface area is 98.2 Å². The summed E-state index contributed by atoms with van der Waals surface area (Å²) in [4.78, 5) is 36.4. The summed E-state index contributed by atoms with van der Waals surface area (Å²) in [6.07, 6.45) is 2.10. The van der Waals surface area contributed by atoms with Crippen LogP contribution >= 0.6 is 0 Å². The second-order valence-electron chi connectivity index (χ2n) is 4.11. The molecule has 0 spiro atoms. The minimum atomic E-state index is -0.726. The molecule has 1 saturated heterocycles. The van der Waals surface area contributed by atoms with E-state index in [4.69, 9.17) is 5.41 Å². The Kier molecular flexibility index (Phi) is 2.79. The molecule has 1 fully saturated rings. The number of piperidine rings is 1. The Morgan fingerprint density at radius 1 is 1.35 bits per heavy atom. The molecule has 2 aliphatic rings. The van der Waals surface area contributed by atoms with E-state index in [2.05, 4.69) is 5.32 Å². The quantitative estimate of drug-likeness (QED) is 0.504. The fourth-order valence-electron chi connectivity index (χ4n) is 2.13. The lowest BCUT2D eigenvalue weighted by Crippen LogP contribution is -2.53. The minimum Gasteiger partial charge on any atom is -0.354 e. The van der Waals surface area contributed by atoms with Crippen LogP contribution in [-0.4, -0.2) is 41.4 Å². The zero-order chi connectivity index (χ0) is 12.6. The lowest BCUT2D eigenvalue weighted by atomic mass is 10.1. The maximum absolute atomic E-state index is 11.9. The van der Waals surface area contributed by atoms with Crippen LogP contribution in [0, 0.1) is 5.41 Å². The van der Waals surface area contributed by atoms with Crippen LogP contribution in [0.5, 0.6) is 0 Å². The summed E-state index contributed by atoms with van der Waals surface area (Å²) in [6.45, 7) is 2.08. The normalized spacial score (nSPS) is 25.4. The first-order valence-electron chi connectivity index (χ1n) is 5.45. The van der Waals surface area contributed by atoms with Crippen molar-refractivity contribution in [3.8, 4) is 0 Å². The third-order valence-corrected chi connectivity index (χ3v) is 3.11. The van der Waals surface area contributed by atoms with Crippen molar-refractivity contribution >= 4 is 23.9 Å². The van der Waals surface area contributed by atoms with E-state index in [1.165, 1.54) is 6.92 Å². The molecule has 90 valence electrons. The zero-order valence-corrected chi connectivity index (χ0v) is 9.45. The van der Waals surface area contributed by atoms with Gasteiger partial charge in [-0.2, -0.15) is 0 Å². The molecule has 2 heterocycles. The third-order valence-electron chi connectivity index (χ3n) is 3.11. The van der Waals surface area contributed by atoms with E-state index in [-0.39, 0.29) is 17.1 Å². The molecule has 17 heavy (non-hydrogen) atoms. The highest BCUT2D eigenvalue weighted by Gasteiger charge is 2.42. The lowest BCUT2D eigenvalue weighted by Gasteiger charge is -2.29. The molecule has 1 unspecified atom stereocenters. The van der Waals surface area contributed by atoms with Gasteiger partial charge in [0.1, 0.15) is 6.04 Å². The summed E-state index contributed by atoms with van der Waals surface area (Å²) in [6, 6.07) is -0.726. The average molecular weight is 235 g/mol. The van der Waals surface area contributed by atoms with Crippen LogP contribution in [0.2, 0.25) is 0 Å². The molecule has 0 aliphatic carbocycles. The number of hydrogen-bond acceptors (Lipinski definition) is 4. The van der Waals surface area contributed by atoms with E-state index in [0.29, 0.717) is 13.0 Å². The van der Waals surface area contributed by atoms with Crippen molar-refractivity contribution in [3.63, 3.8) is 0 Å². The number of imide groups is 1. The van der Waals surface area contributed by atoms with Crippen molar-refractivity contribution in [2.24, 2.45) is 0 Å². The van der Waals surface area contributed by atoms with Crippen molar-refractivity contribution in [2.75, 3.05) is 6.54 Å². The van der Waals surface area contributed by atoms with Crippen LogP contribution in [0.4, 0.5) is 0 Å². The van der Waals surface area contributed by atoms with Gasteiger partial charge in [0.2, 0.25) is 5.91 Å². The van der Waals surface area contributed by atoms with Crippen molar-refractivity contribution in [3.05, 3.63) is 11.1 Å². The number of carbonyl (C=O) groups is 3. The van der Waals surface area contributed by atoms with Crippen LogP contribution in [0.15, 0.2) is 11.1 Å². The first kappa shape index (κ1) is 11.5. The van der Waals surface area contributed by atoms with Gasteiger partial charge in [-0.1, -0.05) is 0 Å². The second-order valence-corrected chi connectivity index (χ2v) is 4.11. The summed E-state index contributed by atoms with van der Waals surface area (Å²) in [7, 11) is 0. The van der Waals surface area contributed by atoms with Crippen LogP contribution in [0.1, 0.15) is 19.8 Å². The largest absolute Gasteiger partial charge is 0.354 e. The summed E-state index contributed by atoms with van der Waals surface area (Å²) in [5, 5.41) is 9.76. The zero-order valence-electron chi connectivity index (χ0n) is 9.45. The fraction of sp³-hybridized carbons (Fsp3) is 0.455. The topological polar surface area (TPSA) is 90.3 Å². The highest BCUT2D eigenvalue weighted by atomic mass is 16.2. The molecule has 2 N–H and O–H groups in total. The molecule has 6 heteroatoms. The molecule has 0 aromatic rings. The van der Waals surface area contributed by atoms with Crippen LogP contribution < -0.4 is 5.32 Å². The fourth-order valence-corrected chi connectivity index (χ4v) is 2.13. The van der Waals surface area contributed by atoms with E-state index < -0.39 is 17.9 Å². The summed E-state index contributed by atoms with van der Waals surface area (Å²) in [5.41, 5.74) is 0.316. The lowest BCUT2D eigenvalue weighted by molar-refractivity contribution is -0.147. The van der Waals surface area contributed by atoms with Gasteiger partial charge in [0.15, 0.2) is 0 Å². The first-order valence-corrected chi connectivity index (χ1v) is 5.45. The average Bonchev–Trinajstić information content (AvgIpc) is 2.52. The summed E-state index contributed by atoms with van der Waals surface area (Å²) >= 11 is 0. The minimum absolute atomic E-state index is 0.0772. The van der Waals surface area contributed by atoms with Gasteiger partial charge in [-0.25, -0.2) is 0 Å². The van der Waals surface area contributed by atoms with Gasteiger partial charge in [-0.15, -0.1) is 0 Å². The van der Waals surface area contributed by atoms with Crippen molar-refractivity contribution < 1.29 is 14.4 Å². The van der Waals surface area contributed by atoms with Crippen molar-refractivity contribution in [2.45, 2.75) is 25.8 Å². The number of amides is 3. The molecule has 0 bridgehead atoms. The van der Waals surface area contributed by atoms with Gasteiger partial charge in [0.05, 0.1) is 5.57 Å². The SMILES string of the molecule is CC1=C(C=N)C(=O)N(C2CCCNC2=O)C1=O. The van der Waals surface area contributed by atoms with Crippen LogP contribution in [0.25, 0.3) is 0 Å². The first-order chi connectivity index (χ1) is 8.07. The maximum atomic E-state index is 11.9. The molecule has 0 aromatic heterocycles. The van der Waals surface area contributed by atoms with Crippen molar-refractivity contribution in [1.29, 1.82) is 5.41 Å². The van der Waals surface area contributed by atoms with Gasteiger partial charge in [0.25, 0.3) is 11.8 Å². The van der Waals surface area contributed by atoms with E-state index in [9.17, 15) is 14.4 Å². The molecular formula is C11H13N3O3. The van der Waals surface area contributed by atoms with E-state index in [1.54, 1.807) is 0 Å². The highest BCUT2D eigenvalue weighted by Crippen LogP contribution is 2.24. The Bertz CT molecular complexity index is 453. The standard InChI is InChI=1S/C11H13N3O3/c1-6-7(5-12)11(17)14(10(6)16)8-3-2-4-13-9(8)15/h5,8,12H,2-4H2,1H3,(H,13,15). The van der Waals surface area contributed by atoms with Crippen molar-refractivity contribution in [1.82, 2.24) is 10.2 Å². The molecular weight excluding hydrogens is 222 g/mol. The second kappa shape index (κ2) is 4.12. The molecule has 2 aliphatic heterocycles. The molecule has 3 amide bonds.